The second-order valence-corrected chi connectivity index (χ2v) is 11.6. The fourth-order valence-corrected chi connectivity index (χ4v) is 6.09. The Balaban J connectivity index is 1.72. The van der Waals surface area contributed by atoms with Crippen molar-refractivity contribution >= 4 is 40.7 Å². The quantitative estimate of drug-likeness (QED) is 0.170. The predicted octanol–water partition coefficient (Wildman–Crippen LogP) is 3.35. The van der Waals surface area contributed by atoms with Crippen LogP contribution in [-0.4, -0.2) is 85.4 Å². The molecular formula is C34H37IN2O8. The molecule has 3 unspecified atom stereocenters. The molecular weight excluding hydrogens is 691 g/mol. The molecule has 0 spiro atoms. The molecule has 1 aliphatic rings. The first kappa shape index (κ1) is 33.9. The Morgan fingerprint density at radius 1 is 1.04 bits per heavy atom. The Bertz CT molecular complexity index is 1510. The number of benzene rings is 3. The summed E-state index contributed by atoms with van der Waals surface area (Å²) >= 11 is 2.02. The van der Waals surface area contributed by atoms with E-state index < -0.39 is 24.2 Å². The smallest absolute Gasteiger partial charge is 0.247 e. The number of carbonyl (C=O) groups is 3. The third kappa shape index (κ3) is 8.62. The van der Waals surface area contributed by atoms with E-state index >= 15 is 0 Å². The second-order valence-electron chi connectivity index (χ2n) is 10.5. The van der Waals surface area contributed by atoms with E-state index in [1.54, 1.807) is 18.1 Å². The maximum atomic E-state index is 14.0. The fourth-order valence-electron chi connectivity index (χ4n) is 5.34. The Morgan fingerprint density at radius 2 is 1.76 bits per heavy atom. The number of aliphatic hydroxyl groups excluding tert-OH is 2. The third-order valence-corrected chi connectivity index (χ3v) is 8.39. The van der Waals surface area contributed by atoms with Crippen molar-refractivity contribution in [3.05, 3.63) is 98.6 Å². The summed E-state index contributed by atoms with van der Waals surface area (Å²) < 4.78 is 17.9. The lowest BCUT2D eigenvalue weighted by molar-refractivity contribution is -0.137. The Kier molecular flexibility index (Phi) is 12.4. The maximum absolute atomic E-state index is 14.0. The summed E-state index contributed by atoms with van der Waals surface area (Å²) in [6.45, 7) is 0.0310. The van der Waals surface area contributed by atoms with Crippen LogP contribution in [0.25, 0.3) is 0 Å². The van der Waals surface area contributed by atoms with Crippen molar-refractivity contribution in [3.8, 4) is 17.2 Å². The first-order valence-corrected chi connectivity index (χ1v) is 15.6. The predicted molar refractivity (Wildman–Crippen MR) is 177 cm³/mol. The molecule has 0 saturated carbocycles. The highest BCUT2D eigenvalue weighted by Gasteiger charge is 2.41. The largest absolute Gasteiger partial charge is 0.496 e. The van der Waals surface area contributed by atoms with Gasteiger partial charge in [0.2, 0.25) is 11.8 Å². The zero-order chi connectivity index (χ0) is 32.3. The SMILES string of the molecule is COc1ccccc1CCN(C(=O)Cc1ccccc1)C1CC(C(=O)NCCO)=CC(Oc2c(I)cc(C=O)cc2OC)C1O. The molecule has 0 bridgehead atoms. The number of methoxy groups -OCH3 is 2. The van der Waals surface area contributed by atoms with Crippen molar-refractivity contribution in [2.75, 3.05) is 33.9 Å². The van der Waals surface area contributed by atoms with Crippen LogP contribution >= 0.6 is 22.6 Å². The fraction of sp³-hybridized carbons (Fsp3) is 0.324. The molecule has 0 aromatic heterocycles. The number of nitrogens with zero attached hydrogens (tertiary/aromatic N) is 1. The van der Waals surface area contributed by atoms with Crippen LogP contribution in [0.15, 0.2) is 78.4 Å². The van der Waals surface area contributed by atoms with Crippen LogP contribution in [0.4, 0.5) is 0 Å². The van der Waals surface area contributed by atoms with Crippen LogP contribution in [-0.2, 0) is 22.4 Å². The number of amides is 2. The van der Waals surface area contributed by atoms with Crippen LogP contribution in [0.3, 0.4) is 0 Å². The summed E-state index contributed by atoms with van der Waals surface area (Å²) in [5, 5.41) is 23.8. The van der Waals surface area contributed by atoms with Gasteiger partial charge in [-0.1, -0.05) is 48.5 Å². The number of halogens is 1. The van der Waals surface area contributed by atoms with Crippen molar-refractivity contribution in [2.24, 2.45) is 0 Å². The van der Waals surface area contributed by atoms with Gasteiger partial charge < -0.3 is 34.6 Å². The minimum Gasteiger partial charge on any atom is -0.496 e. The molecule has 2 amide bonds. The van der Waals surface area contributed by atoms with E-state index in [9.17, 15) is 24.6 Å². The number of nitrogens with one attached hydrogen (secondary N) is 1. The van der Waals surface area contributed by atoms with Gasteiger partial charge in [0.05, 0.1) is 36.9 Å². The topological polar surface area (TPSA) is 135 Å². The zero-order valence-corrected chi connectivity index (χ0v) is 27.3. The van der Waals surface area contributed by atoms with Crippen molar-refractivity contribution in [1.29, 1.82) is 0 Å². The maximum Gasteiger partial charge on any atom is 0.247 e. The lowest BCUT2D eigenvalue weighted by Gasteiger charge is -2.41. The summed E-state index contributed by atoms with van der Waals surface area (Å²) in [6.07, 6.45) is 0.537. The molecule has 238 valence electrons. The minimum absolute atomic E-state index is 0.0399. The third-order valence-electron chi connectivity index (χ3n) is 7.59. The van der Waals surface area contributed by atoms with Crippen molar-refractivity contribution in [1.82, 2.24) is 10.2 Å². The summed E-state index contributed by atoms with van der Waals surface area (Å²) in [6, 6.07) is 19.2. The van der Waals surface area contributed by atoms with Gasteiger partial charge in [0.15, 0.2) is 11.5 Å². The van der Waals surface area contributed by atoms with E-state index in [0.29, 0.717) is 33.2 Å². The molecule has 0 aliphatic heterocycles. The van der Waals surface area contributed by atoms with E-state index in [-0.39, 0.29) is 49.9 Å². The molecule has 3 N–H and O–H groups in total. The molecule has 10 nitrogen and oxygen atoms in total. The molecule has 0 radical (unpaired) electrons. The zero-order valence-electron chi connectivity index (χ0n) is 25.1. The minimum atomic E-state index is -1.23. The van der Waals surface area contributed by atoms with Gasteiger partial charge in [0, 0.05) is 30.6 Å². The highest BCUT2D eigenvalue weighted by molar-refractivity contribution is 14.1. The molecule has 45 heavy (non-hydrogen) atoms. The van der Waals surface area contributed by atoms with Crippen LogP contribution in [0.2, 0.25) is 0 Å². The van der Waals surface area contributed by atoms with Crippen molar-refractivity contribution < 1.29 is 38.8 Å². The second kappa shape index (κ2) is 16.4. The number of para-hydroxylation sites is 1. The number of hydrogen-bond acceptors (Lipinski definition) is 8. The number of carbonyl (C=O) groups excluding carboxylic acids is 3. The molecule has 0 fully saturated rings. The molecule has 11 heteroatoms. The first-order valence-electron chi connectivity index (χ1n) is 14.5. The van der Waals surface area contributed by atoms with E-state index in [2.05, 4.69) is 5.32 Å². The van der Waals surface area contributed by atoms with Gasteiger partial charge in [-0.3, -0.25) is 14.4 Å². The Hall–Kier alpha value is -3.94. The van der Waals surface area contributed by atoms with Crippen molar-refractivity contribution in [2.45, 2.75) is 37.5 Å². The lowest BCUT2D eigenvalue weighted by atomic mass is 9.87. The Labute approximate surface area is 276 Å². The molecule has 1 aliphatic carbocycles. The number of ether oxygens (including phenoxy) is 3. The normalized spacial score (nSPS) is 17.5. The number of aliphatic hydroxyl groups is 2. The average molecular weight is 729 g/mol. The van der Waals surface area contributed by atoms with Crippen LogP contribution in [0.1, 0.15) is 27.9 Å². The molecule has 4 rings (SSSR count). The average Bonchev–Trinajstić information content (AvgIpc) is 3.06. The summed E-state index contributed by atoms with van der Waals surface area (Å²) in [5.41, 5.74) is 2.40. The van der Waals surface area contributed by atoms with Gasteiger partial charge in [-0.15, -0.1) is 0 Å². The van der Waals surface area contributed by atoms with Crippen molar-refractivity contribution in [3.63, 3.8) is 0 Å². The molecule has 3 aromatic rings. The number of hydrogen-bond donors (Lipinski definition) is 3. The van der Waals surface area contributed by atoms with Gasteiger partial charge in [0.1, 0.15) is 24.2 Å². The summed E-state index contributed by atoms with van der Waals surface area (Å²) in [7, 11) is 3.03. The standard InChI is InChI=1S/C34H37IN2O8/c1-43-28-11-7-6-10-24(28)12-14-37(31(40)18-22-8-4-3-5-9-22)27-19-25(34(42)36-13-15-38)20-29(32(27)41)45-33-26(35)16-23(21-39)17-30(33)44-2/h3-11,16-17,20-21,27,29,32,38,41H,12-15,18-19H2,1-2H3,(H,36,42). The first-order chi connectivity index (χ1) is 21.8. The lowest BCUT2D eigenvalue weighted by Crippen LogP contribution is -2.56. The van der Waals surface area contributed by atoms with Crippen LogP contribution < -0.4 is 19.5 Å². The molecule has 3 aromatic carbocycles. The monoisotopic (exact) mass is 728 g/mol. The highest BCUT2D eigenvalue weighted by atomic mass is 127. The summed E-state index contributed by atoms with van der Waals surface area (Å²) in [5.74, 6) is 0.594. The van der Waals surface area contributed by atoms with Crippen LogP contribution in [0.5, 0.6) is 17.2 Å². The van der Waals surface area contributed by atoms with E-state index in [0.717, 1.165) is 11.1 Å². The molecule has 0 heterocycles. The highest BCUT2D eigenvalue weighted by Crippen LogP contribution is 2.37. The van der Waals surface area contributed by atoms with Gasteiger partial charge in [-0.2, -0.15) is 0 Å². The van der Waals surface area contributed by atoms with Gasteiger partial charge in [-0.05, 0) is 64.4 Å². The summed E-state index contributed by atoms with van der Waals surface area (Å²) in [4.78, 5) is 40.3. The number of aldehydes is 1. The number of rotatable bonds is 14. The van der Waals surface area contributed by atoms with E-state index in [1.165, 1.54) is 19.3 Å². The van der Waals surface area contributed by atoms with Crippen LogP contribution in [0, 0.1) is 3.57 Å². The van der Waals surface area contributed by atoms with Gasteiger partial charge >= 0.3 is 0 Å². The Morgan fingerprint density at radius 3 is 2.44 bits per heavy atom. The van der Waals surface area contributed by atoms with E-state index in [4.69, 9.17) is 14.2 Å². The van der Waals surface area contributed by atoms with E-state index in [1.807, 2.05) is 77.2 Å². The van der Waals surface area contributed by atoms with Gasteiger partial charge in [-0.25, -0.2) is 0 Å². The van der Waals surface area contributed by atoms with Gasteiger partial charge in [0.25, 0.3) is 0 Å². The molecule has 0 saturated heterocycles. The molecule has 3 atom stereocenters.